The van der Waals surface area contributed by atoms with E-state index < -0.39 is 14.0 Å². The first-order valence-corrected chi connectivity index (χ1v) is 11.6. The molecule has 0 bridgehead atoms. The number of oxazole rings is 1. The van der Waals surface area contributed by atoms with Crippen LogP contribution in [0.5, 0.6) is 5.75 Å². The van der Waals surface area contributed by atoms with E-state index in [-0.39, 0.29) is 17.2 Å². The molecule has 31 heavy (non-hydrogen) atoms. The number of carbonyl (C=O) groups is 1. The van der Waals surface area contributed by atoms with E-state index in [2.05, 4.69) is 4.98 Å². The van der Waals surface area contributed by atoms with Gasteiger partial charge in [0, 0.05) is 34.1 Å². The van der Waals surface area contributed by atoms with Crippen LogP contribution in [0, 0.1) is 5.82 Å². The van der Waals surface area contributed by atoms with Crippen LogP contribution in [-0.2, 0) is 13.0 Å². The van der Waals surface area contributed by atoms with Crippen molar-refractivity contribution < 1.29 is 23.2 Å². The van der Waals surface area contributed by atoms with Crippen LogP contribution in [-0.4, -0.2) is 40.5 Å². The number of hydrogen-bond donors (Lipinski definition) is 2. The van der Waals surface area contributed by atoms with Gasteiger partial charge in [-0.1, -0.05) is 6.92 Å². The zero-order valence-corrected chi connectivity index (χ0v) is 18.2. The Morgan fingerprint density at radius 3 is 2.84 bits per heavy atom. The van der Waals surface area contributed by atoms with Crippen molar-refractivity contribution in [1.82, 2.24) is 9.88 Å². The Kier molecular flexibility index (Phi) is 5.94. The van der Waals surface area contributed by atoms with Gasteiger partial charge in [0.05, 0.1) is 20.9 Å². The predicted octanol–water partition coefficient (Wildman–Crippen LogP) is 3.30. The summed E-state index contributed by atoms with van der Waals surface area (Å²) in [6.45, 7) is 4.36. The number of carbonyl (C=O) groups excluding carboxylic acids is 1. The van der Waals surface area contributed by atoms with E-state index in [1.807, 2.05) is 18.2 Å². The Morgan fingerprint density at radius 1 is 1.35 bits per heavy atom. The third-order valence-electron chi connectivity index (χ3n) is 5.29. The number of hydrogen-bond acceptors (Lipinski definition) is 6. The maximum absolute atomic E-state index is 14.9. The summed E-state index contributed by atoms with van der Waals surface area (Å²) in [4.78, 5) is 28.8. The number of anilines is 1. The van der Waals surface area contributed by atoms with Crippen molar-refractivity contribution in [3.63, 3.8) is 0 Å². The fourth-order valence-electron chi connectivity index (χ4n) is 3.72. The quantitative estimate of drug-likeness (QED) is 0.600. The first kappa shape index (κ1) is 21.3. The van der Waals surface area contributed by atoms with Gasteiger partial charge < -0.3 is 24.7 Å². The molecule has 4 rings (SSSR count). The van der Waals surface area contributed by atoms with Gasteiger partial charge >= 0.3 is 0 Å². The molecule has 3 aromatic rings. The van der Waals surface area contributed by atoms with E-state index in [9.17, 15) is 14.1 Å². The lowest BCUT2D eigenvalue weighted by molar-refractivity contribution is 0.0731. The van der Waals surface area contributed by atoms with Crippen LogP contribution in [0.4, 0.5) is 10.4 Å². The molecular weight excluding hydrogens is 420 g/mol. The highest BCUT2D eigenvalue weighted by atomic mass is 31.1. The molecule has 0 spiro atoms. The van der Waals surface area contributed by atoms with Crippen molar-refractivity contribution in [2.45, 2.75) is 19.9 Å². The van der Waals surface area contributed by atoms with E-state index >= 15 is 0 Å². The highest BCUT2D eigenvalue weighted by Gasteiger charge is 2.26. The monoisotopic (exact) mass is 443 g/mol. The minimum atomic E-state index is -1.59. The predicted molar refractivity (Wildman–Crippen MR) is 117 cm³/mol. The molecule has 0 fully saturated rings. The van der Waals surface area contributed by atoms with E-state index in [0.29, 0.717) is 48.8 Å². The number of fused-ring (bicyclic) bond motifs is 1. The van der Waals surface area contributed by atoms with E-state index in [0.717, 1.165) is 11.1 Å². The van der Waals surface area contributed by atoms with Crippen molar-refractivity contribution in [3.05, 3.63) is 59.0 Å². The lowest BCUT2D eigenvalue weighted by atomic mass is 10.0. The number of amides is 1. The number of benzene rings is 2. The third-order valence-corrected chi connectivity index (χ3v) is 6.33. The van der Waals surface area contributed by atoms with Gasteiger partial charge in [-0.05, 0) is 43.4 Å². The molecule has 3 N–H and O–H groups in total. The summed E-state index contributed by atoms with van der Waals surface area (Å²) in [5.74, 6) is 0.432. The first-order valence-electron chi connectivity index (χ1n) is 9.89. The normalized spacial score (nSPS) is 14.5. The summed E-state index contributed by atoms with van der Waals surface area (Å²) in [6.07, 6.45) is 1.89. The molecule has 7 nitrogen and oxygen atoms in total. The smallest absolute Gasteiger partial charge is 0.292 e. The highest BCUT2D eigenvalue weighted by Crippen LogP contribution is 2.32. The summed E-state index contributed by atoms with van der Waals surface area (Å²) in [5, 5.41) is 0.254. The van der Waals surface area contributed by atoms with E-state index in [1.165, 1.54) is 6.07 Å². The van der Waals surface area contributed by atoms with Crippen LogP contribution in [0.1, 0.15) is 28.4 Å². The number of aromatic nitrogens is 1. The van der Waals surface area contributed by atoms with Crippen molar-refractivity contribution in [3.8, 4) is 17.1 Å². The zero-order valence-electron chi connectivity index (χ0n) is 17.3. The second kappa shape index (κ2) is 8.65. The van der Waals surface area contributed by atoms with Gasteiger partial charge in [-0.3, -0.25) is 4.79 Å². The van der Waals surface area contributed by atoms with Crippen molar-refractivity contribution in [2.75, 3.05) is 25.6 Å². The molecule has 2 heterocycles. The summed E-state index contributed by atoms with van der Waals surface area (Å²) >= 11 is 0. The zero-order chi connectivity index (χ0) is 22.1. The summed E-state index contributed by atoms with van der Waals surface area (Å²) in [6, 6.07) is 8.73. The number of nitrogen functional groups attached to an aromatic ring is 1. The molecule has 1 aliphatic rings. The number of nitrogens with zero attached hydrogens (tertiary/aromatic N) is 2. The van der Waals surface area contributed by atoms with Crippen molar-refractivity contribution in [1.29, 1.82) is 0 Å². The Labute approximate surface area is 180 Å². The molecule has 1 atom stereocenters. The van der Waals surface area contributed by atoms with Gasteiger partial charge in [0.1, 0.15) is 18.2 Å². The molecule has 1 amide bonds. The molecule has 9 heteroatoms. The van der Waals surface area contributed by atoms with Crippen LogP contribution in [0.3, 0.4) is 0 Å². The van der Waals surface area contributed by atoms with Gasteiger partial charge in [-0.15, -0.1) is 0 Å². The van der Waals surface area contributed by atoms with Crippen LogP contribution in [0.15, 0.2) is 40.9 Å². The van der Waals surface area contributed by atoms with Crippen molar-refractivity contribution >= 4 is 25.4 Å². The average Bonchev–Trinajstić information content (AvgIpc) is 3.07. The minimum Gasteiger partial charge on any atom is -0.491 e. The second-order valence-electron chi connectivity index (χ2n) is 7.26. The number of ether oxygens (including phenoxy) is 1. The van der Waals surface area contributed by atoms with Gasteiger partial charge in [0.2, 0.25) is 0 Å². The van der Waals surface area contributed by atoms with Crippen LogP contribution in [0.25, 0.3) is 11.3 Å². The minimum absolute atomic E-state index is 0.0780. The van der Waals surface area contributed by atoms with Crippen LogP contribution in [0.2, 0.25) is 0 Å². The SMILES string of the molecule is CCc1c(C(=O)N2CCOc3ccc(-c4cnc(N)o4)cc3C2)ccc(P(C)O)c1F. The van der Waals surface area contributed by atoms with Gasteiger partial charge in [0.25, 0.3) is 11.9 Å². The maximum Gasteiger partial charge on any atom is 0.292 e. The summed E-state index contributed by atoms with van der Waals surface area (Å²) in [7, 11) is -1.59. The Hall–Kier alpha value is -2.96. The Balaban J connectivity index is 1.66. The molecule has 2 aromatic carbocycles. The molecule has 0 saturated carbocycles. The number of halogens is 1. The summed E-state index contributed by atoms with van der Waals surface area (Å²) in [5.41, 5.74) is 7.78. The maximum atomic E-state index is 14.9. The summed E-state index contributed by atoms with van der Waals surface area (Å²) < 4.78 is 26.1. The standard InChI is InChI=1S/C22H23FN3O4P/c1-3-15-16(5-7-19(20(15)23)31(2)28)21(27)26-8-9-29-17-6-4-13(10-14(17)12-26)18-11-25-22(24)30-18/h4-7,10-11,28H,3,8-9,12H2,1-2H3,(H2,24,25). The highest BCUT2D eigenvalue weighted by molar-refractivity contribution is 7.59. The Morgan fingerprint density at radius 2 is 2.16 bits per heavy atom. The largest absolute Gasteiger partial charge is 0.491 e. The second-order valence-corrected chi connectivity index (χ2v) is 8.79. The molecule has 1 unspecified atom stereocenters. The van der Waals surface area contributed by atoms with Gasteiger partial charge in [-0.2, -0.15) is 0 Å². The lowest BCUT2D eigenvalue weighted by Gasteiger charge is -2.22. The number of nitrogens with two attached hydrogens (primary N) is 1. The van der Waals surface area contributed by atoms with Gasteiger partial charge in [-0.25, -0.2) is 9.37 Å². The lowest BCUT2D eigenvalue weighted by Crippen LogP contribution is -2.33. The molecule has 1 aromatic heterocycles. The molecule has 162 valence electrons. The molecule has 0 saturated heterocycles. The topological polar surface area (TPSA) is 102 Å². The van der Waals surface area contributed by atoms with Gasteiger partial charge in [0.15, 0.2) is 5.76 Å². The third kappa shape index (κ3) is 4.13. The number of rotatable bonds is 4. The van der Waals surface area contributed by atoms with Crippen LogP contribution < -0.4 is 15.8 Å². The molecule has 0 aliphatic carbocycles. The van der Waals surface area contributed by atoms with E-state index in [4.69, 9.17) is 14.9 Å². The first-order chi connectivity index (χ1) is 14.9. The molecule has 1 aliphatic heterocycles. The van der Waals surface area contributed by atoms with Crippen molar-refractivity contribution in [2.24, 2.45) is 0 Å². The fraction of sp³-hybridized carbons (Fsp3) is 0.273. The van der Waals surface area contributed by atoms with Crippen LogP contribution >= 0.6 is 8.15 Å². The molecule has 0 radical (unpaired) electrons. The molecular formula is C22H23FN3O4P. The average molecular weight is 443 g/mol. The van der Waals surface area contributed by atoms with E-state index in [1.54, 1.807) is 30.8 Å². The fourth-order valence-corrected chi connectivity index (χ4v) is 4.43. The Bertz CT molecular complexity index is 1130.